The van der Waals surface area contributed by atoms with Gasteiger partial charge >= 0.3 is 0 Å². The van der Waals surface area contributed by atoms with Crippen LogP contribution in [-0.2, 0) is 6.42 Å². The molecule has 1 N–H and O–H groups in total. The average molecular weight is 238 g/mol. The van der Waals surface area contributed by atoms with Crippen LogP contribution >= 0.6 is 11.3 Å². The van der Waals surface area contributed by atoms with Crippen LogP contribution < -0.4 is 5.32 Å². The summed E-state index contributed by atoms with van der Waals surface area (Å²) in [5, 5.41) is 4.93. The van der Waals surface area contributed by atoms with Crippen LogP contribution in [0.2, 0.25) is 0 Å². The summed E-state index contributed by atoms with van der Waals surface area (Å²) in [5.41, 5.74) is 1.56. The molecule has 1 aliphatic rings. The largest absolute Gasteiger partial charge is 0.311 e. The molecule has 0 aromatic carbocycles. The van der Waals surface area contributed by atoms with Gasteiger partial charge in [-0.1, -0.05) is 13.8 Å². The lowest BCUT2D eigenvalue weighted by atomic mass is 9.81. The number of thiazole rings is 1. The van der Waals surface area contributed by atoms with Crippen LogP contribution in [0.3, 0.4) is 0 Å². The van der Waals surface area contributed by atoms with E-state index >= 15 is 0 Å². The summed E-state index contributed by atoms with van der Waals surface area (Å²) < 4.78 is 0. The number of aromatic nitrogens is 1. The third-order valence-corrected chi connectivity index (χ3v) is 4.93. The van der Waals surface area contributed by atoms with Crippen molar-refractivity contribution < 1.29 is 0 Å². The molecule has 1 aromatic rings. The van der Waals surface area contributed by atoms with Crippen LogP contribution in [0.4, 0.5) is 0 Å². The molecule has 0 radical (unpaired) electrons. The molecule has 1 saturated heterocycles. The van der Waals surface area contributed by atoms with Crippen molar-refractivity contribution >= 4 is 11.3 Å². The van der Waals surface area contributed by atoms with Crippen molar-refractivity contribution in [3.8, 4) is 0 Å². The molecule has 0 amide bonds. The number of nitrogens with zero attached hydrogens (tertiary/aromatic N) is 1. The van der Waals surface area contributed by atoms with Gasteiger partial charge < -0.3 is 5.32 Å². The van der Waals surface area contributed by atoms with Crippen LogP contribution in [0, 0.1) is 19.8 Å². The highest BCUT2D eigenvalue weighted by atomic mass is 32.1. The van der Waals surface area contributed by atoms with Gasteiger partial charge in [-0.25, -0.2) is 4.98 Å². The Kier molecular flexibility index (Phi) is 3.36. The Balaban J connectivity index is 2.21. The van der Waals surface area contributed by atoms with Gasteiger partial charge in [0.05, 0.1) is 10.7 Å². The highest BCUT2D eigenvalue weighted by molar-refractivity contribution is 7.11. The summed E-state index contributed by atoms with van der Waals surface area (Å²) in [5.74, 6) is 0.691. The SMILES string of the molecule is Cc1nc(C)c(CC2(C(C)C)CCCN2)s1. The zero-order valence-electron chi connectivity index (χ0n) is 10.8. The van der Waals surface area contributed by atoms with E-state index in [2.05, 4.69) is 38.0 Å². The quantitative estimate of drug-likeness (QED) is 0.875. The van der Waals surface area contributed by atoms with E-state index < -0.39 is 0 Å². The Hall–Kier alpha value is -0.410. The number of rotatable bonds is 3. The molecule has 90 valence electrons. The van der Waals surface area contributed by atoms with Crippen LogP contribution in [0.5, 0.6) is 0 Å². The molecular weight excluding hydrogens is 216 g/mol. The fourth-order valence-electron chi connectivity index (χ4n) is 2.70. The van der Waals surface area contributed by atoms with Crippen molar-refractivity contribution in [3.05, 3.63) is 15.6 Å². The topological polar surface area (TPSA) is 24.9 Å². The van der Waals surface area contributed by atoms with E-state index in [9.17, 15) is 0 Å². The second kappa shape index (κ2) is 4.46. The molecule has 1 aromatic heterocycles. The second-order valence-electron chi connectivity index (χ2n) is 5.26. The van der Waals surface area contributed by atoms with Crippen molar-refractivity contribution in [1.29, 1.82) is 0 Å². The zero-order valence-corrected chi connectivity index (χ0v) is 11.6. The first-order chi connectivity index (χ1) is 7.53. The zero-order chi connectivity index (χ0) is 11.8. The maximum absolute atomic E-state index is 4.53. The van der Waals surface area contributed by atoms with E-state index in [0.717, 1.165) is 6.42 Å². The molecule has 3 heteroatoms. The smallest absolute Gasteiger partial charge is 0.0900 e. The van der Waals surface area contributed by atoms with Gasteiger partial charge in [-0.3, -0.25) is 0 Å². The second-order valence-corrected chi connectivity index (χ2v) is 6.55. The minimum absolute atomic E-state index is 0.323. The van der Waals surface area contributed by atoms with Gasteiger partial charge in [0.25, 0.3) is 0 Å². The Morgan fingerprint density at radius 2 is 2.19 bits per heavy atom. The lowest BCUT2D eigenvalue weighted by molar-refractivity contribution is 0.270. The Morgan fingerprint density at radius 1 is 1.44 bits per heavy atom. The molecule has 0 saturated carbocycles. The molecule has 0 bridgehead atoms. The summed E-state index contributed by atoms with van der Waals surface area (Å²) >= 11 is 1.87. The Labute approximate surface area is 102 Å². The van der Waals surface area contributed by atoms with Gasteiger partial charge in [-0.2, -0.15) is 0 Å². The number of hydrogen-bond donors (Lipinski definition) is 1. The first kappa shape index (κ1) is 12.1. The average Bonchev–Trinajstić information content (AvgIpc) is 2.76. The van der Waals surface area contributed by atoms with Crippen molar-refractivity contribution in [2.45, 2.75) is 52.5 Å². The van der Waals surface area contributed by atoms with Gasteiger partial charge in [0.15, 0.2) is 0 Å². The third kappa shape index (κ3) is 2.16. The van der Waals surface area contributed by atoms with Gasteiger partial charge in [0.1, 0.15) is 0 Å². The minimum atomic E-state index is 0.323. The van der Waals surface area contributed by atoms with E-state index in [0.29, 0.717) is 11.5 Å². The van der Waals surface area contributed by atoms with Crippen molar-refractivity contribution in [3.63, 3.8) is 0 Å². The van der Waals surface area contributed by atoms with E-state index in [-0.39, 0.29) is 0 Å². The van der Waals surface area contributed by atoms with Gasteiger partial charge in [0, 0.05) is 16.8 Å². The fraction of sp³-hybridized carbons (Fsp3) is 0.769. The lowest BCUT2D eigenvalue weighted by Crippen LogP contribution is -2.46. The van der Waals surface area contributed by atoms with Crippen LogP contribution in [0.15, 0.2) is 0 Å². The molecule has 2 rings (SSSR count). The monoisotopic (exact) mass is 238 g/mol. The molecule has 2 heterocycles. The normalized spacial score (nSPS) is 25.6. The molecule has 0 spiro atoms. The van der Waals surface area contributed by atoms with Crippen LogP contribution in [0.25, 0.3) is 0 Å². The summed E-state index contributed by atoms with van der Waals surface area (Å²) in [6.45, 7) is 10.1. The lowest BCUT2D eigenvalue weighted by Gasteiger charge is -2.33. The Bertz CT molecular complexity index is 362. The van der Waals surface area contributed by atoms with E-state index in [1.807, 2.05) is 11.3 Å². The molecule has 1 unspecified atom stereocenters. The maximum Gasteiger partial charge on any atom is 0.0900 e. The van der Waals surface area contributed by atoms with Crippen LogP contribution in [-0.4, -0.2) is 17.1 Å². The molecule has 1 fully saturated rings. The molecule has 0 aliphatic carbocycles. The standard InChI is InChI=1S/C13H22N2S/c1-9(2)13(6-5-7-14-13)8-12-10(3)15-11(4)16-12/h9,14H,5-8H2,1-4H3. The minimum Gasteiger partial charge on any atom is -0.311 e. The summed E-state index contributed by atoms with van der Waals surface area (Å²) in [6, 6.07) is 0. The van der Waals surface area contributed by atoms with Gasteiger partial charge in [0.2, 0.25) is 0 Å². The van der Waals surface area contributed by atoms with Crippen LogP contribution in [0.1, 0.15) is 42.3 Å². The number of hydrogen-bond acceptors (Lipinski definition) is 3. The first-order valence-electron chi connectivity index (χ1n) is 6.21. The highest BCUT2D eigenvalue weighted by Crippen LogP contribution is 2.33. The molecular formula is C13H22N2S. The maximum atomic E-state index is 4.53. The third-order valence-electron chi connectivity index (χ3n) is 3.86. The highest BCUT2D eigenvalue weighted by Gasteiger charge is 2.37. The predicted molar refractivity (Wildman–Crippen MR) is 70.1 cm³/mol. The fourth-order valence-corrected chi connectivity index (χ4v) is 3.76. The Morgan fingerprint density at radius 3 is 2.62 bits per heavy atom. The van der Waals surface area contributed by atoms with Crippen molar-refractivity contribution in [2.24, 2.45) is 5.92 Å². The summed E-state index contributed by atoms with van der Waals surface area (Å²) in [7, 11) is 0. The predicted octanol–water partition coefficient (Wildman–Crippen LogP) is 3.08. The van der Waals surface area contributed by atoms with Crippen molar-refractivity contribution in [1.82, 2.24) is 10.3 Å². The molecule has 2 nitrogen and oxygen atoms in total. The number of nitrogens with one attached hydrogen (secondary N) is 1. The van der Waals surface area contributed by atoms with Gasteiger partial charge in [-0.05, 0) is 39.2 Å². The van der Waals surface area contributed by atoms with E-state index in [4.69, 9.17) is 0 Å². The van der Waals surface area contributed by atoms with Gasteiger partial charge in [-0.15, -0.1) is 11.3 Å². The molecule has 16 heavy (non-hydrogen) atoms. The van der Waals surface area contributed by atoms with E-state index in [1.165, 1.54) is 35.0 Å². The molecule has 1 atom stereocenters. The van der Waals surface area contributed by atoms with Crippen molar-refractivity contribution in [2.75, 3.05) is 6.54 Å². The van der Waals surface area contributed by atoms with E-state index in [1.54, 1.807) is 0 Å². The number of aryl methyl sites for hydroxylation is 2. The summed E-state index contributed by atoms with van der Waals surface area (Å²) in [6.07, 6.45) is 3.78. The summed E-state index contributed by atoms with van der Waals surface area (Å²) in [4.78, 5) is 6.01. The molecule has 1 aliphatic heterocycles. The first-order valence-corrected chi connectivity index (χ1v) is 7.03.